The van der Waals surface area contributed by atoms with Crippen molar-refractivity contribution >= 4 is 33.2 Å². The summed E-state index contributed by atoms with van der Waals surface area (Å²) in [7, 11) is 0. The van der Waals surface area contributed by atoms with Crippen LogP contribution in [0.4, 0.5) is 0 Å². The lowest BCUT2D eigenvalue weighted by Crippen LogP contribution is -2.18. The zero-order valence-corrected chi connectivity index (χ0v) is 11.5. The molecule has 0 bridgehead atoms. The summed E-state index contributed by atoms with van der Waals surface area (Å²) >= 11 is 9.50. The van der Waals surface area contributed by atoms with E-state index in [4.69, 9.17) is 16.4 Å². The van der Waals surface area contributed by atoms with Crippen LogP contribution in [0.3, 0.4) is 0 Å². The molecule has 86 valence electrons. The van der Waals surface area contributed by atoms with Crippen LogP contribution in [0.25, 0.3) is 0 Å². The lowest BCUT2D eigenvalue weighted by Gasteiger charge is -2.09. The van der Waals surface area contributed by atoms with E-state index in [2.05, 4.69) is 46.2 Å². The third kappa shape index (κ3) is 2.41. The molecule has 0 amide bonds. The van der Waals surface area contributed by atoms with Crippen LogP contribution in [-0.4, -0.2) is 17.2 Å². The van der Waals surface area contributed by atoms with Gasteiger partial charge in [-0.15, -0.1) is 11.6 Å². The second kappa shape index (κ2) is 4.76. The first-order valence-corrected chi connectivity index (χ1v) is 6.44. The van der Waals surface area contributed by atoms with E-state index in [9.17, 15) is 0 Å². The van der Waals surface area contributed by atoms with Gasteiger partial charge in [-0.1, -0.05) is 33.2 Å². The lowest BCUT2D eigenvalue weighted by molar-refractivity contribution is 0.0855. The first-order chi connectivity index (χ1) is 7.58. The topological polar surface area (TPSA) is 21.6 Å². The van der Waals surface area contributed by atoms with E-state index in [1.165, 1.54) is 5.56 Å². The smallest absolute Gasteiger partial charge is 0.149 e. The fourth-order valence-electron chi connectivity index (χ4n) is 1.59. The third-order valence-electron chi connectivity index (χ3n) is 2.71. The Labute approximate surface area is 109 Å². The number of benzene rings is 1. The van der Waals surface area contributed by atoms with Crippen molar-refractivity contribution in [2.24, 2.45) is 5.16 Å². The highest BCUT2D eigenvalue weighted by Crippen LogP contribution is 2.24. The normalized spacial score (nSPS) is 21.5. The summed E-state index contributed by atoms with van der Waals surface area (Å²) in [6, 6.07) is 6.20. The van der Waals surface area contributed by atoms with Crippen LogP contribution < -0.4 is 0 Å². The Morgan fingerprint density at radius 2 is 2.31 bits per heavy atom. The molecule has 4 heteroatoms. The number of hydrogen-bond acceptors (Lipinski definition) is 2. The van der Waals surface area contributed by atoms with E-state index >= 15 is 0 Å². The summed E-state index contributed by atoms with van der Waals surface area (Å²) < 4.78 is 1.09. The predicted octanol–water partition coefficient (Wildman–Crippen LogP) is 3.88. The molecule has 0 spiro atoms. The Morgan fingerprint density at radius 1 is 1.56 bits per heavy atom. The monoisotopic (exact) mass is 301 g/mol. The van der Waals surface area contributed by atoms with Gasteiger partial charge >= 0.3 is 0 Å². The Kier molecular flexibility index (Phi) is 3.55. The maximum absolute atomic E-state index is 5.99. The SMILES string of the molecule is Cc1ccc(C2=NOC(C(C)Cl)C2)cc1Br. The minimum absolute atomic E-state index is 0.00301. The summed E-state index contributed by atoms with van der Waals surface area (Å²) in [6.07, 6.45) is 0.775. The largest absolute Gasteiger partial charge is 0.390 e. The van der Waals surface area contributed by atoms with Crippen molar-refractivity contribution in [3.8, 4) is 0 Å². The van der Waals surface area contributed by atoms with E-state index in [0.29, 0.717) is 0 Å². The van der Waals surface area contributed by atoms with Crippen molar-refractivity contribution in [2.45, 2.75) is 31.7 Å². The maximum atomic E-state index is 5.99. The van der Waals surface area contributed by atoms with Crippen LogP contribution in [0.2, 0.25) is 0 Å². The Morgan fingerprint density at radius 3 is 2.88 bits per heavy atom. The van der Waals surface area contributed by atoms with Gasteiger partial charge in [0.25, 0.3) is 0 Å². The average molecular weight is 303 g/mol. The van der Waals surface area contributed by atoms with Crippen molar-refractivity contribution in [1.82, 2.24) is 0 Å². The van der Waals surface area contributed by atoms with Crippen LogP contribution in [0, 0.1) is 6.92 Å². The van der Waals surface area contributed by atoms with Gasteiger partial charge in [-0.2, -0.15) is 0 Å². The minimum Gasteiger partial charge on any atom is -0.390 e. The first-order valence-electron chi connectivity index (χ1n) is 5.21. The molecule has 0 radical (unpaired) electrons. The van der Waals surface area contributed by atoms with Crippen molar-refractivity contribution in [3.63, 3.8) is 0 Å². The van der Waals surface area contributed by atoms with Crippen molar-refractivity contribution in [2.75, 3.05) is 0 Å². The summed E-state index contributed by atoms with van der Waals surface area (Å²) in [5.74, 6) is 0. The van der Waals surface area contributed by atoms with Crippen LogP contribution >= 0.6 is 27.5 Å². The highest BCUT2D eigenvalue weighted by Gasteiger charge is 2.26. The second-order valence-electron chi connectivity index (χ2n) is 4.03. The van der Waals surface area contributed by atoms with Gasteiger partial charge in [-0.25, -0.2) is 0 Å². The van der Waals surface area contributed by atoms with Crippen molar-refractivity contribution in [1.29, 1.82) is 0 Å². The standard InChI is InChI=1S/C12H13BrClNO/c1-7-3-4-9(5-10(7)13)11-6-12(8(2)14)16-15-11/h3-5,8,12H,6H2,1-2H3. The van der Waals surface area contributed by atoms with Crippen molar-refractivity contribution < 1.29 is 4.84 Å². The first kappa shape index (κ1) is 11.9. The van der Waals surface area contributed by atoms with Gasteiger partial charge in [0.15, 0.2) is 0 Å². The van der Waals surface area contributed by atoms with E-state index in [0.717, 1.165) is 22.2 Å². The molecule has 2 rings (SSSR count). The molecule has 1 aliphatic rings. The Bertz CT molecular complexity index is 431. The zero-order valence-electron chi connectivity index (χ0n) is 9.21. The number of alkyl halides is 1. The molecule has 1 aromatic rings. The summed E-state index contributed by atoms with van der Waals surface area (Å²) in [4.78, 5) is 5.29. The number of nitrogens with zero attached hydrogens (tertiary/aromatic N) is 1. The third-order valence-corrected chi connectivity index (χ3v) is 3.85. The molecule has 0 N–H and O–H groups in total. The highest BCUT2D eigenvalue weighted by atomic mass is 79.9. The molecule has 1 aliphatic heterocycles. The lowest BCUT2D eigenvalue weighted by atomic mass is 10.0. The van der Waals surface area contributed by atoms with E-state index in [1.807, 2.05) is 6.92 Å². The molecular formula is C12H13BrClNO. The number of aryl methyl sites for hydroxylation is 1. The number of rotatable bonds is 2. The van der Waals surface area contributed by atoms with Crippen LogP contribution in [-0.2, 0) is 4.84 Å². The number of oxime groups is 1. The molecule has 0 saturated heterocycles. The van der Waals surface area contributed by atoms with Gasteiger partial charge in [0.1, 0.15) is 6.10 Å². The van der Waals surface area contributed by atoms with Gasteiger partial charge in [-0.3, -0.25) is 0 Å². The fourth-order valence-corrected chi connectivity index (χ4v) is 2.10. The van der Waals surface area contributed by atoms with Crippen LogP contribution in [0.15, 0.2) is 27.8 Å². The molecular weight excluding hydrogens is 289 g/mol. The molecule has 16 heavy (non-hydrogen) atoms. The van der Waals surface area contributed by atoms with Gasteiger partial charge in [-0.05, 0) is 25.5 Å². The highest BCUT2D eigenvalue weighted by molar-refractivity contribution is 9.10. The molecule has 1 aromatic carbocycles. The molecule has 2 nitrogen and oxygen atoms in total. The van der Waals surface area contributed by atoms with Gasteiger partial charge < -0.3 is 4.84 Å². The summed E-state index contributed by atoms with van der Waals surface area (Å²) in [6.45, 7) is 3.99. The van der Waals surface area contributed by atoms with Gasteiger partial charge in [0.05, 0.1) is 11.1 Å². The van der Waals surface area contributed by atoms with Crippen LogP contribution in [0.1, 0.15) is 24.5 Å². The van der Waals surface area contributed by atoms with E-state index in [1.54, 1.807) is 0 Å². The molecule has 0 aromatic heterocycles. The minimum atomic E-state index is -0.0184. The zero-order chi connectivity index (χ0) is 11.7. The Hall–Kier alpha value is -0.540. The molecule has 0 aliphatic carbocycles. The van der Waals surface area contributed by atoms with Gasteiger partial charge in [0.2, 0.25) is 0 Å². The van der Waals surface area contributed by atoms with E-state index in [-0.39, 0.29) is 11.5 Å². The molecule has 2 atom stereocenters. The van der Waals surface area contributed by atoms with Crippen LogP contribution in [0.5, 0.6) is 0 Å². The van der Waals surface area contributed by atoms with Crippen molar-refractivity contribution in [3.05, 3.63) is 33.8 Å². The molecule has 2 unspecified atom stereocenters. The Balaban J connectivity index is 2.18. The predicted molar refractivity (Wildman–Crippen MR) is 70.2 cm³/mol. The quantitative estimate of drug-likeness (QED) is 0.760. The molecule has 0 fully saturated rings. The van der Waals surface area contributed by atoms with Gasteiger partial charge in [0, 0.05) is 16.5 Å². The fraction of sp³-hybridized carbons (Fsp3) is 0.417. The average Bonchev–Trinajstić information content (AvgIpc) is 2.71. The number of hydrogen-bond donors (Lipinski definition) is 0. The number of halogens is 2. The maximum Gasteiger partial charge on any atom is 0.149 e. The second-order valence-corrected chi connectivity index (χ2v) is 5.57. The molecule has 1 heterocycles. The summed E-state index contributed by atoms with van der Waals surface area (Å²) in [5, 5.41) is 4.07. The summed E-state index contributed by atoms with van der Waals surface area (Å²) in [5.41, 5.74) is 3.28. The molecule has 0 saturated carbocycles. The van der Waals surface area contributed by atoms with E-state index < -0.39 is 0 Å².